The summed E-state index contributed by atoms with van der Waals surface area (Å²) in [5, 5.41) is 22.4. The second-order valence-corrected chi connectivity index (χ2v) is 1.64. The van der Waals surface area contributed by atoms with Crippen LogP contribution in [0.15, 0.2) is 0 Å². The summed E-state index contributed by atoms with van der Waals surface area (Å²) in [4.78, 5) is 27.2. The van der Waals surface area contributed by atoms with Crippen molar-refractivity contribution in [3.8, 4) is 0 Å². The molecule has 0 spiro atoms. The second kappa shape index (κ2) is 18.4. The van der Waals surface area contributed by atoms with Crippen LogP contribution in [-0.2, 0) is 14.4 Å². The third kappa shape index (κ3) is 495. The summed E-state index contributed by atoms with van der Waals surface area (Å²) in [6.45, 7) is 1.89. The van der Waals surface area contributed by atoms with Gasteiger partial charge in [-0.25, -0.2) is 0 Å². The summed E-state index contributed by atoms with van der Waals surface area (Å²) < 4.78 is 0. The standard InChI is InChI=1S/C2H5NO2.2C2H4O2.Ca.2H/c3-1-2(4)5;2*1-2(3)4;;;/h1,3H2,(H,4,5);2*1H3,(H,3,4);;;/q;;;+2;2*-1. The molecule has 0 aliphatic carbocycles. The number of hydrogen-bond acceptors (Lipinski definition) is 4. The van der Waals surface area contributed by atoms with Crippen molar-refractivity contribution >= 4 is 55.6 Å². The van der Waals surface area contributed by atoms with E-state index >= 15 is 0 Å². The van der Waals surface area contributed by atoms with Gasteiger partial charge in [-0.1, -0.05) is 0 Å². The molecule has 0 aromatic rings. The molecule has 0 bridgehead atoms. The van der Waals surface area contributed by atoms with Gasteiger partial charge in [-0.15, -0.1) is 0 Å². The van der Waals surface area contributed by atoms with Crippen LogP contribution in [0.1, 0.15) is 16.7 Å². The van der Waals surface area contributed by atoms with Crippen molar-refractivity contribution in [2.24, 2.45) is 5.73 Å². The Morgan fingerprint density at radius 2 is 1.14 bits per heavy atom. The maximum atomic E-state index is 9.24. The zero-order valence-electron chi connectivity index (χ0n) is 10.1. The Kier molecular flexibility index (Phi) is 30.8. The molecule has 5 N–H and O–H groups in total. The third-order valence-electron chi connectivity index (χ3n) is 0.175. The van der Waals surface area contributed by atoms with Gasteiger partial charge in [-0.05, 0) is 0 Å². The molecule has 0 aliphatic heterocycles. The van der Waals surface area contributed by atoms with Crippen molar-refractivity contribution in [3.63, 3.8) is 0 Å². The van der Waals surface area contributed by atoms with Crippen LogP contribution in [0.3, 0.4) is 0 Å². The Labute approximate surface area is 114 Å². The number of nitrogens with two attached hydrogens (primary N) is 1. The summed E-state index contributed by atoms with van der Waals surface area (Å²) in [6, 6.07) is 0. The van der Waals surface area contributed by atoms with E-state index in [4.69, 9.17) is 24.9 Å². The fourth-order valence-corrected chi connectivity index (χ4v) is 0. The molecule has 8 heteroatoms. The Bertz CT molecular complexity index is 160. The van der Waals surface area contributed by atoms with Gasteiger partial charge in [-0.2, -0.15) is 0 Å². The predicted octanol–water partition coefficient (Wildman–Crippen LogP) is -0.944. The molecule has 0 radical (unpaired) electrons. The molecule has 0 unspecified atom stereocenters. The number of carbonyl (C=O) groups is 3. The number of carboxylic acid groups (broad SMARTS) is 3. The minimum atomic E-state index is -0.968. The van der Waals surface area contributed by atoms with Crippen LogP contribution < -0.4 is 5.73 Å². The first kappa shape index (κ1) is 23.4. The molecule has 0 aromatic carbocycles. The Morgan fingerprint density at radius 3 is 1.14 bits per heavy atom. The molecule has 0 rings (SSSR count). The average molecular weight is 237 g/mol. The maximum absolute atomic E-state index is 9.24. The number of hydrogen-bond donors (Lipinski definition) is 4. The molecule has 82 valence electrons. The van der Waals surface area contributed by atoms with Crippen molar-refractivity contribution in [3.05, 3.63) is 0 Å². The van der Waals surface area contributed by atoms with E-state index in [1.165, 1.54) is 0 Å². The molecule has 0 aromatic heterocycles. The fraction of sp³-hybridized carbons (Fsp3) is 0.500. The van der Waals surface area contributed by atoms with Gasteiger partial charge >= 0.3 is 43.7 Å². The van der Waals surface area contributed by atoms with Crippen molar-refractivity contribution < 1.29 is 32.6 Å². The molecule has 0 atom stereocenters. The van der Waals surface area contributed by atoms with Crippen LogP contribution in [0.4, 0.5) is 0 Å². The Balaban J connectivity index is -0.0000000216. The summed E-state index contributed by atoms with van der Waals surface area (Å²) >= 11 is 0. The van der Waals surface area contributed by atoms with Gasteiger partial charge < -0.3 is 23.9 Å². The van der Waals surface area contributed by atoms with E-state index in [9.17, 15) is 4.79 Å². The molecular formula is C6H15CaNO6. The number of rotatable bonds is 1. The maximum Gasteiger partial charge on any atom is 2.00 e. The smallest absolute Gasteiger partial charge is 1.00 e. The average Bonchev–Trinajstić information content (AvgIpc) is 1.84. The summed E-state index contributed by atoms with van der Waals surface area (Å²) in [5.74, 6) is -2.63. The largest absolute Gasteiger partial charge is 2.00 e. The topological polar surface area (TPSA) is 138 Å². The molecule has 0 heterocycles. The fourth-order valence-electron chi connectivity index (χ4n) is 0. The SMILES string of the molecule is CC(=O)O.CC(=O)O.NCC(=O)O.[Ca+2].[H-].[H-]. The zero-order chi connectivity index (χ0) is 11.4. The van der Waals surface area contributed by atoms with E-state index in [0.29, 0.717) is 0 Å². The minimum absolute atomic E-state index is 0. The van der Waals surface area contributed by atoms with Crippen LogP contribution in [-0.4, -0.2) is 77.5 Å². The quantitative estimate of drug-likeness (QED) is 0.431. The van der Waals surface area contributed by atoms with Crippen LogP contribution >= 0.6 is 0 Å². The molecule has 7 nitrogen and oxygen atoms in total. The van der Waals surface area contributed by atoms with E-state index in [1.807, 2.05) is 0 Å². The van der Waals surface area contributed by atoms with Gasteiger partial charge in [0.25, 0.3) is 11.9 Å². The van der Waals surface area contributed by atoms with Gasteiger partial charge in [0.05, 0.1) is 6.54 Å². The summed E-state index contributed by atoms with van der Waals surface area (Å²) in [6.07, 6.45) is 0. The molecule has 14 heavy (non-hydrogen) atoms. The van der Waals surface area contributed by atoms with Crippen LogP contribution in [0.5, 0.6) is 0 Å². The van der Waals surface area contributed by atoms with Crippen LogP contribution in [0.25, 0.3) is 0 Å². The van der Waals surface area contributed by atoms with E-state index in [0.717, 1.165) is 13.8 Å². The zero-order valence-corrected chi connectivity index (χ0v) is 10.3. The first-order valence-electron chi connectivity index (χ1n) is 3.04. The summed E-state index contributed by atoms with van der Waals surface area (Å²) in [7, 11) is 0. The normalized spacial score (nSPS) is 6.21. The number of carboxylic acids is 3. The minimum Gasteiger partial charge on any atom is -1.00 e. The van der Waals surface area contributed by atoms with E-state index in [-0.39, 0.29) is 47.1 Å². The van der Waals surface area contributed by atoms with Gasteiger partial charge in [0, 0.05) is 13.8 Å². The van der Waals surface area contributed by atoms with Crippen molar-refractivity contribution in [1.82, 2.24) is 0 Å². The van der Waals surface area contributed by atoms with Crippen LogP contribution in [0, 0.1) is 0 Å². The third-order valence-corrected chi connectivity index (χ3v) is 0.175. The van der Waals surface area contributed by atoms with Crippen LogP contribution in [0.2, 0.25) is 0 Å². The predicted molar refractivity (Wildman–Crippen MR) is 51.3 cm³/mol. The van der Waals surface area contributed by atoms with Gasteiger partial charge in [0.15, 0.2) is 0 Å². The van der Waals surface area contributed by atoms with E-state index < -0.39 is 17.9 Å². The second-order valence-electron chi connectivity index (χ2n) is 1.64. The first-order chi connectivity index (χ1) is 5.73. The van der Waals surface area contributed by atoms with E-state index in [2.05, 4.69) is 5.73 Å². The molecule has 0 aliphatic rings. The molecule has 0 saturated heterocycles. The molecule has 0 fully saturated rings. The molecule has 0 amide bonds. The Hall–Kier alpha value is -0.370. The summed E-state index contributed by atoms with van der Waals surface area (Å²) in [5.41, 5.74) is 4.57. The van der Waals surface area contributed by atoms with Gasteiger partial charge in [0.1, 0.15) is 0 Å². The number of aliphatic carboxylic acids is 3. The molecule has 0 saturated carbocycles. The van der Waals surface area contributed by atoms with Gasteiger partial charge in [0.2, 0.25) is 0 Å². The van der Waals surface area contributed by atoms with E-state index in [1.54, 1.807) is 0 Å². The van der Waals surface area contributed by atoms with Crippen molar-refractivity contribution in [2.45, 2.75) is 13.8 Å². The molecular weight excluding hydrogens is 222 g/mol. The monoisotopic (exact) mass is 237 g/mol. The van der Waals surface area contributed by atoms with Crippen molar-refractivity contribution in [1.29, 1.82) is 0 Å². The van der Waals surface area contributed by atoms with Crippen molar-refractivity contribution in [2.75, 3.05) is 6.54 Å². The van der Waals surface area contributed by atoms with Gasteiger partial charge in [-0.3, -0.25) is 14.4 Å². The Morgan fingerprint density at radius 1 is 1.07 bits per heavy atom. The first-order valence-corrected chi connectivity index (χ1v) is 3.04.